The molecule has 1 fully saturated rings. The molecule has 0 aromatic heterocycles. The minimum absolute atomic E-state index is 0.121. The molecule has 0 aliphatic carbocycles. The first-order valence-electron chi connectivity index (χ1n) is 8.33. The third-order valence-corrected chi connectivity index (χ3v) is 7.44. The summed E-state index contributed by atoms with van der Waals surface area (Å²) in [6, 6.07) is 12.3. The van der Waals surface area contributed by atoms with E-state index in [4.69, 9.17) is 0 Å². The number of aryl methyl sites for hydroxylation is 2. The summed E-state index contributed by atoms with van der Waals surface area (Å²) in [5, 5.41) is 0. The summed E-state index contributed by atoms with van der Waals surface area (Å²) in [5.41, 5.74) is 3.43. The lowest BCUT2D eigenvalue weighted by atomic mass is 10.2. The van der Waals surface area contributed by atoms with Crippen molar-refractivity contribution in [2.24, 2.45) is 0 Å². The van der Waals surface area contributed by atoms with Crippen molar-refractivity contribution in [2.75, 3.05) is 21.3 Å². The molecule has 0 radical (unpaired) electrons. The maximum absolute atomic E-state index is 12.5. The summed E-state index contributed by atoms with van der Waals surface area (Å²) in [4.78, 5) is 0. The molecule has 26 heavy (non-hydrogen) atoms. The number of nitrogens with zero attached hydrogens (tertiary/aromatic N) is 1. The van der Waals surface area contributed by atoms with Gasteiger partial charge in [0, 0.05) is 6.54 Å². The van der Waals surface area contributed by atoms with Gasteiger partial charge in [-0.15, -0.1) is 0 Å². The average Bonchev–Trinajstić information content (AvgIpc) is 2.90. The third-order valence-electron chi connectivity index (χ3n) is 4.33. The zero-order chi connectivity index (χ0) is 18.9. The summed E-state index contributed by atoms with van der Waals surface area (Å²) in [6.07, 6.45) is 0.575. The van der Waals surface area contributed by atoms with Gasteiger partial charge in [0.1, 0.15) is 0 Å². The topological polar surface area (TPSA) is 83.6 Å². The molecular weight excluding hydrogens is 372 g/mol. The van der Waals surface area contributed by atoms with Crippen LogP contribution in [0, 0.1) is 13.8 Å². The Hall–Kier alpha value is -2.06. The molecule has 0 atom stereocenters. The third kappa shape index (κ3) is 4.19. The Morgan fingerprint density at radius 2 is 1.77 bits per heavy atom. The second-order valence-electron chi connectivity index (χ2n) is 6.59. The molecule has 0 spiro atoms. The Morgan fingerprint density at radius 1 is 1.08 bits per heavy atom. The van der Waals surface area contributed by atoms with Gasteiger partial charge in [0.25, 0.3) is 0 Å². The minimum atomic E-state index is -3.60. The lowest BCUT2D eigenvalue weighted by Crippen LogP contribution is -2.26. The van der Waals surface area contributed by atoms with Crippen molar-refractivity contribution in [3.63, 3.8) is 0 Å². The summed E-state index contributed by atoms with van der Waals surface area (Å²) in [7, 11) is -6.92. The molecule has 140 valence electrons. The van der Waals surface area contributed by atoms with E-state index in [1.54, 1.807) is 30.3 Å². The first-order chi connectivity index (χ1) is 12.2. The predicted octanol–water partition coefficient (Wildman–Crippen LogP) is 2.79. The number of benzene rings is 2. The number of hydrogen-bond acceptors (Lipinski definition) is 4. The Balaban J connectivity index is 1.83. The summed E-state index contributed by atoms with van der Waals surface area (Å²) in [5.74, 6) is -0.0195. The second-order valence-corrected chi connectivity index (χ2v) is 10.3. The van der Waals surface area contributed by atoms with Gasteiger partial charge in [-0.25, -0.2) is 16.8 Å². The Morgan fingerprint density at radius 3 is 2.38 bits per heavy atom. The molecule has 8 heteroatoms. The molecule has 3 rings (SSSR count). The van der Waals surface area contributed by atoms with E-state index in [0.717, 1.165) is 11.1 Å². The van der Waals surface area contributed by atoms with Gasteiger partial charge in [-0.3, -0.25) is 9.03 Å². The Labute approximate surface area is 155 Å². The molecule has 2 aromatic carbocycles. The molecule has 1 N–H and O–H groups in total. The SMILES string of the molecule is Cc1ccc(CS(=O)(=O)Nc2ccc(C)c(N3CCCS3(=O)=O)c2)cc1. The van der Waals surface area contributed by atoms with Gasteiger partial charge < -0.3 is 0 Å². The normalized spacial score (nSPS) is 16.6. The fraction of sp³-hybridized carbons (Fsp3) is 0.333. The summed E-state index contributed by atoms with van der Waals surface area (Å²) < 4.78 is 53.2. The monoisotopic (exact) mass is 394 g/mol. The van der Waals surface area contributed by atoms with Crippen molar-refractivity contribution in [1.29, 1.82) is 0 Å². The van der Waals surface area contributed by atoms with Crippen molar-refractivity contribution in [2.45, 2.75) is 26.0 Å². The van der Waals surface area contributed by atoms with E-state index in [1.807, 2.05) is 26.0 Å². The maximum Gasteiger partial charge on any atom is 0.236 e. The standard InChI is InChI=1S/C18H22N2O4S2/c1-14-4-7-16(8-5-14)13-25(21,22)19-17-9-6-15(2)18(12-17)20-10-3-11-26(20,23)24/h4-9,12,19H,3,10-11,13H2,1-2H3. The highest BCUT2D eigenvalue weighted by molar-refractivity contribution is 7.93. The van der Waals surface area contributed by atoms with Crippen molar-refractivity contribution < 1.29 is 16.8 Å². The fourth-order valence-corrected chi connectivity index (χ4v) is 5.78. The van der Waals surface area contributed by atoms with Crippen molar-refractivity contribution in [3.05, 3.63) is 59.2 Å². The first kappa shape index (κ1) is 18.7. The van der Waals surface area contributed by atoms with E-state index in [0.29, 0.717) is 29.9 Å². The van der Waals surface area contributed by atoms with Crippen LogP contribution in [0.3, 0.4) is 0 Å². The highest BCUT2D eigenvalue weighted by Crippen LogP contribution is 2.30. The number of anilines is 2. The molecule has 0 saturated carbocycles. The number of rotatable bonds is 5. The smallest absolute Gasteiger partial charge is 0.236 e. The van der Waals surface area contributed by atoms with Crippen LogP contribution < -0.4 is 9.03 Å². The van der Waals surface area contributed by atoms with E-state index in [1.165, 1.54) is 4.31 Å². The maximum atomic E-state index is 12.5. The van der Waals surface area contributed by atoms with E-state index in [9.17, 15) is 16.8 Å². The van der Waals surface area contributed by atoms with Gasteiger partial charge in [0.15, 0.2) is 0 Å². The van der Waals surface area contributed by atoms with E-state index >= 15 is 0 Å². The second kappa shape index (κ2) is 6.92. The lowest BCUT2D eigenvalue weighted by molar-refractivity contribution is 0.598. The highest BCUT2D eigenvalue weighted by Gasteiger charge is 2.29. The van der Waals surface area contributed by atoms with Crippen molar-refractivity contribution >= 4 is 31.4 Å². The number of nitrogens with one attached hydrogen (secondary N) is 1. The van der Waals surface area contributed by atoms with Gasteiger partial charge in [-0.05, 0) is 43.5 Å². The molecule has 1 saturated heterocycles. The average molecular weight is 395 g/mol. The molecular formula is C18H22N2O4S2. The van der Waals surface area contributed by atoms with Gasteiger partial charge in [0.05, 0.1) is 22.9 Å². The molecule has 0 unspecified atom stereocenters. The van der Waals surface area contributed by atoms with Crippen LogP contribution in [-0.4, -0.2) is 29.1 Å². The molecule has 0 amide bonds. The quantitative estimate of drug-likeness (QED) is 0.845. The molecule has 6 nitrogen and oxygen atoms in total. The van der Waals surface area contributed by atoms with Crippen LogP contribution >= 0.6 is 0 Å². The Bertz CT molecular complexity index is 1010. The molecule has 1 heterocycles. The number of sulfonamides is 2. The minimum Gasteiger partial charge on any atom is -0.283 e. The van der Waals surface area contributed by atoms with E-state index in [2.05, 4.69) is 4.72 Å². The van der Waals surface area contributed by atoms with Crippen LogP contribution in [0.2, 0.25) is 0 Å². The zero-order valence-electron chi connectivity index (χ0n) is 14.8. The number of hydrogen-bond donors (Lipinski definition) is 1. The Kier molecular flexibility index (Phi) is 4.98. The van der Waals surface area contributed by atoms with Crippen LogP contribution in [0.4, 0.5) is 11.4 Å². The predicted molar refractivity (Wildman–Crippen MR) is 104 cm³/mol. The van der Waals surface area contributed by atoms with Gasteiger partial charge >= 0.3 is 0 Å². The first-order valence-corrected chi connectivity index (χ1v) is 11.6. The fourth-order valence-electron chi connectivity index (χ4n) is 2.97. The van der Waals surface area contributed by atoms with Crippen LogP contribution in [0.25, 0.3) is 0 Å². The van der Waals surface area contributed by atoms with Crippen molar-refractivity contribution in [1.82, 2.24) is 0 Å². The molecule has 2 aromatic rings. The largest absolute Gasteiger partial charge is 0.283 e. The van der Waals surface area contributed by atoms with Crippen LogP contribution in [0.15, 0.2) is 42.5 Å². The van der Waals surface area contributed by atoms with Gasteiger partial charge in [-0.1, -0.05) is 35.9 Å². The van der Waals surface area contributed by atoms with E-state index in [-0.39, 0.29) is 11.5 Å². The van der Waals surface area contributed by atoms with Gasteiger partial charge in [-0.2, -0.15) is 0 Å². The highest BCUT2D eigenvalue weighted by atomic mass is 32.2. The molecule has 1 aliphatic rings. The van der Waals surface area contributed by atoms with Gasteiger partial charge in [0.2, 0.25) is 20.0 Å². The zero-order valence-corrected chi connectivity index (χ0v) is 16.4. The van der Waals surface area contributed by atoms with Crippen LogP contribution in [-0.2, 0) is 25.8 Å². The lowest BCUT2D eigenvalue weighted by Gasteiger charge is -2.20. The summed E-state index contributed by atoms with van der Waals surface area (Å²) in [6.45, 7) is 4.17. The molecule has 0 bridgehead atoms. The van der Waals surface area contributed by atoms with Crippen LogP contribution in [0.5, 0.6) is 0 Å². The van der Waals surface area contributed by atoms with Crippen molar-refractivity contribution in [3.8, 4) is 0 Å². The molecule has 1 aliphatic heterocycles. The van der Waals surface area contributed by atoms with Crippen LogP contribution in [0.1, 0.15) is 23.1 Å². The summed E-state index contributed by atoms with van der Waals surface area (Å²) >= 11 is 0. The van der Waals surface area contributed by atoms with E-state index < -0.39 is 20.0 Å².